The van der Waals surface area contributed by atoms with Crippen molar-refractivity contribution < 1.29 is 4.92 Å². The fourth-order valence-electron chi connectivity index (χ4n) is 1.79. The van der Waals surface area contributed by atoms with Crippen molar-refractivity contribution in [2.75, 3.05) is 0 Å². The Morgan fingerprint density at radius 2 is 2.20 bits per heavy atom. The number of nitrogens with one attached hydrogen (secondary N) is 1. The first kappa shape index (κ1) is 14.4. The first-order chi connectivity index (χ1) is 9.58. The van der Waals surface area contributed by atoms with Gasteiger partial charge in [0.15, 0.2) is 0 Å². The number of hydrogen-bond donors (Lipinski definition) is 1. The molecule has 0 aliphatic carbocycles. The van der Waals surface area contributed by atoms with Crippen molar-refractivity contribution >= 4 is 17.3 Å². The number of aromatic nitrogens is 1. The quantitative estimate of drug-likeness (QED) is 0.676. The summed E-state index contributed by atoms with van der Waals surface area (Å²) in [6.45, 7) is 2.52. The number of nitro benzene ring substituents is 1. The van der Waals surface area contributed by atoms with Crippen LogP contribution in [0.25, 0.3) is 0 Å². The average Bonchev–Trinajstić information content (AvgIpc) is 2.46. The van der Waals surface area contributed by atoms with Crippen LogP contribution in [0.3, 0.4) is 0 Å². The van der Waals surface area contributed by atoms with Gasteiger partial charge in [0, 0.05) is 30.9 Å². The van der Waals surface area contributed by atoms with Gasteiger partial charge in [0.1, 0.15) is 0 Å². The molecule has 0 amide bonds. The molecule has 1 atom stereocenters. The van der Waals surface area contributed by atoms with E-state index in [4.69, 9.17) is 11.6 Å². The van der Waals surface area contributed by atoms with E-state index in [1.807, 2.05) is 25.1 Å². The number of nitro groups is 1. The summed E-state index contributed by atoms with van der Waals surface area (Å²) < 4.78 is 0. The topological polar surface area (TPSA) is 68.1 Å². The van der Waals surface area contributed by atoms with E-state index in [1.54, 1.807) is 12.3 Å². The van der Waals surface area contributed by atoms with Crippen molar-refractivity contribution in [2.24, 2.45) is 0 Å². The van der Waals surface area contributed by atoms with E-state index >= 15 is 0 Å². The molecule has 0 saturated heterocycles. The SMILES string of the molecule is C[C@H](NCc1ccc([N+](=O)[O-])cc1Cl)c1ccccn1. The molecule has 0 aliphatic rings. The number of halogens is 1. The lowest BCUT2D eigenvalue weighted by Gasteiger charge is -2.13. The standard InChI is InChI=1S/C14H14ClN3O2/c1-10(14-4-2-3-7-16-14)17-9-11-5-6-12(18(19)20)8-13(11)15/h2-8,10,17H,9H2,1H3/t10-/m0/s1. The fourth-order valence-corrected chi connectivity index (χ4v) is 2.03. The minimum atomic E-state index is -0.459. The van der Waals surface area contributed by atoms with Crippen molar-refractivity contribution in [3.05, 3.63) is 69.0 Å². The van der Waals surface area contributed by atoms with Gasteiger partial charge in [-0.25, -0.2) is 0 Å². The van der Waals surface area contributed by atoms with Crippen LogP contribution >= 0.6 is 11.6 Å². The molecule has 104 valence electrons. The van der Waals surface area contributed by atoms with Gasteiger partial charge >= 0.3 is 0 Å². The van der Waals surface area contributed by atoms with Gasteiger partial charge in [0.2, 0.25) is 0 Å². The van der Waals surface area contributed by atoms with E-state index in [0.717, 1.165) is 11.3 Å². The molecular formula is C14H14ClN3O2. The molecule has 2 aromatic rings. The monoisotopic (exact) mass is 291 g/mol. The van der Waals surface area contributed by atoms with Crippen LogP contribution in [0, 0.1) is 10.1 Å². The van der Waals surface area contributed by atoms with Crippen LogP contribution in [0.2, 0.25) is 5.02 Å². The lowest BCUT2D eigenvalue weighted by atomic mass is 10.1. The summed E-state index contributed by atoms with van der Waals surface area (Å²) in [5.41, 5.74) is 1.75. The second-order valence-corrected chi connectivity index (χ2v) is 4.80. The maximum Gasteiger partial charge on any atom is 0.270 e. The summed E-state index contributed by atoms with van der Waals surface area (Å²) >= 11 is 6.04. The van der Waals surface area contributed by atoms with Gasteiger partial charge in [-0.1, -0.05) is 17.7 Å². The van der Waals surface area contributed by atoms with Crippen LogP contribution in [-0.4, -0.2) is 9.91 Å². The molecule has 5 nitrogen and oxygen atoms in total. The molecular weight excluding hydrogens is 278 g/mol. The van der Waals surface area contributed by atoms with Crippen molar-refractivity contribution in [3.63, 3.8) is 0 Å². The normalized spacial score (nSPS) is 12.1. The molecule has 0 bridgehead atoms. The maximum atomic E-state index is 10.6. The highest BCUT2D eigenvalue weighted by molar-refractivity contribution is 6.31. The van der Waals surface area contributed by atoms with Gasteiger partial charge < -0.3 is 5.32 Å². The molecule has 1 aromatic heterocycles. The van der Waals surface area contributed by atoms with Crippen molar-refractivity contribution in [3.8, 4) is 0 Å². The van der Waals surface area contributed by atoms with Crippen LogP contribution in [0.1, 0.15) is 24.2 Å². The summed E-state index contributed by atoms with van der Waals surface area (Å²) in [5.74, 6) is 0. The predicted molar refractivity (Wildman–Crippen MR) is 77.6 cm³/mol. The Morgan fingerprint density at radius 3 is 2.80 bits per heavy atom. The number of pyridine rings is 1. The van der Waals surface area contributed by atoms with E-state index in [1.165, 1.54) is 12.1 Å². The number of hydrogen-bond acceptors (Lipinski definition) is 4. The first-order valence-corrected chi connectivity index (χ1v) is 6.53. The van der Waals surface area contributed by atoms with Gasteiger partial charge in [0.05, 0.1) is 15.6 Å². The summed E-state index contributed by atoms with van der Waals surface area (Å²) in [7, 11) is 0. The van der Waals surface area contributed by atoms with E-state index in [2.05, 4.69) is 10.3 Å². The maximum absolute atomic E-state index is 10.6. The summed E-state index contributed by atoms with van der Waals surface area (Å²) in [5, 5.41) is 14.3. The van der Waals surface area contributed by atoms with Crippen LogP contribution in [0.15, 0.2) is 42.6 Å². The molecule has 1 aromatic carbocycles. The Bertz CT molecular complexity index is 605. The lowest BCUT2D eigenvalue weighted by Crippen LogP contribution is -2.19. The van der Waals surface area contributed by atoms with Gasteiger partial charge in [-0.15, -0.1) is 0 Å². The van der Waals surface area contributed by atoms with E-state index in [0.29, 0.717) is 11.6 Å². The fraction of sp³-hybridized carbons (Fsp3) is 0.214. The number of benzene rings is 1. The molecule has 0 radical (unpaired) electrons. The van der Waals surface area contributed by atoms with Crippen LogP contribution in [0.5, 0.6) is 0 Å². The largest absolute Gasteiger partial charge is 0.305 e. The molecule has 0 fully saturated rings. The second-order valence-electron chi connectivity index (χ2n) is 4.39. The van der Waals surface area contributed by atoms with Crippen molar-refractivity contribution in [2.45, 2.75) is 19.5 Å². The van der Waals surface area contributed by atoms with E-state index in [-0.39, 0.29) is 11.7 Å². The van der Waals surface area contributed by atoms with Crippen molar-refractivity contribution in [1.29, 1.82) is 0 Å². The van der Waals surface area contributed by atoms with Gasteiger partial charge in [-0.3, -0.25) is 15.1 Å². The van der Waals surface area contributed by atoms with Gasteiger partial charge in [-0.2, -0.15) is 0 Å². The van der Waals surface area contributed by atoms with Gasteiger partial charge in [-0.05, 0) is 30.7 Å². The Kier molecular flexibility index (Phi) is 4.65. The number of rotatable bonds is 5. The molecule has 6 heteroatoms. The predicted octanol–water partition coefficient (Wildman–Crippen LogP) is 3.49. The molecule has 0 unspecified atom stereocenters. The highest BCUT2D eigenvalue weighted by Crippen LogP contribution is 2.23. The smallest absolute Gasteiger partial charge is 0.270 e. The first-order valence-electron chi connectivity index (χ1n) is 6.15. The minimum absolute atomic E-state index is 0.00322. The summed E-state index contributed by atoms with van der Waals surface area (Å²) in [6, 6.07) is 10.3. The lowest BCUT2D eigenvalue weighted by molar-refractivity contribution is -0.384. The zero-order valence-electron chi connectivity index (χ0n) is 10.9. The third kappa shape index (κ3) is 3.53. The van der Waals surface area contributed by atoms with Crippen LogP contribution in [-0.2, 0) is 6.54 Å². The molecule has 0 saturated carbocycles. The number of non-ortho nitro benzene ring substituents is 1. The molecule has 0 spiro atoms. The molecule has 2 rings (SSSR count). The molecule has 1 N–H and O–H groups in total. The second kappa shape index (κ2) is 6.45. The molecule has 20 heavy (non-hydrogen) atoms. The van der Waals surface area contributed by atoms with Gasteiger partial charge in [0.25, 0.3) is 5.69 Å². The zero-order valence-corrected chi connectivity index (χ0v) is 11.7. The minimum Gasteiger partial charge on any atom is -0.305 e. The van der Waals surface area contributed by atoms with Crippen LogP contribution in [0.4, 0.5) is 5.69 Å². The van der Waals surface area contributed by atoms with Crippen LogP contribution < -0.4 is 5.32 Å². The Balaban J connectivity index is 2.02. The molecule has 1 heterocycles. The zero-order chi connectivity index (χ0) is 14.5. The van der Waals surface area contributed by atoms with Crippen molar-refractivity contribution in [1.82, 2.24) is 10.3 Å². The van der Waals surface area contributed by atoms with E-state index in [9.17, 15) is 10.1 Å². The summed E-state index contributed by atoms with van der Waals surface area (Å²) in [4.78, 5) is 14.4. The number of nitrogens with zero attached hydrogens (tertiary/aromatic N) is 2. The van der Waals surface area contributed by atoms with E-state index < -0.39 is 4.92 Å². The average molecular weight is 292 g/mol. The summed E-state index contributed by atoms with van der Waals surface area (Å²) in [6.07, 6.45) is 1.74. The Morgan fingerprint density at radius 1 is 1.40 bits per heavy atom. The Hall–Kier alpha value is -1.98. The highest BCUT2D eigenvalue weighted by atomic mass is 35.5. The Labute approximate surface area is 121 Å². The molecule has 0 aliphatic heterocycles. The highest BCUT2D eigenvalue weighted by Gasteiger charge is 2.11. The third-order valence-corrected chi connectivity index (χ3v) is 3.33. The third-order valence-electron chi connectivity index (χ3n) is 2.98.